The number of carbonyl (C=O) groups is 1. The zero-order valence-electron chi connectivity index (χ0n) is 8.03. The summed E-state index contributed by atoms with van der Waals surface area (Å²) in [5.74, 6) is -0.458. The molecule has 1 saturated heterocycles. The van der Waals surface area contributed by atoms with Crippen LogP contribution in [0.1, 0.15) is 18.6 Å². The first-order valence-electron chi connectivity index (χ1n) is 4.72. The number of hydrogen-bond donors (Lipinski definition) is 1. The molecule has 0 saturated carbocycles. The van der Waals surface area contributed by atoms with Crippen LogP contribution in [-0.2, 0) is 14.9 Å². The van der Waals surface area contributed by atoms with E-state index >= 15 is 0 Å². The van der Waals surface area contributed by atoms with E-state index in [9.17, 15) is 9.90 Å². The lowest BCUT2D eigenvalue weighted by Crippen LogP contribution is -2.40. The van der Waals surface area contributed by atoms with Crippen molar-refractivity contribution in [1.82, 2.24) is 0 Å². The van der Waals surface area contributed by atoms with E-state index in [4.69, 9.17) is 20.8 Å². The van der Waals surface area contributed by atoms with Crippen molar-refractivity contribution >= 4 is 17.6 Å². The fourth-order valence-electron chi connectivity index (χ4n) is 1.86. The zero-order chi connectivity index (χ0) is 10.9. The monoisotopic (exact) mass is 230 g/mol. The maximum absolute atomic E-state index is 11.3. The lowest BCUT2D eigenvalue weighted by Gasteiger charge is -2.30. The molecule has 2 heterocycles. The Morgan fingerprint density at radius 3 is 2.53 bits per heavy atom. The van der Waals surface area contributed by atoms with Crippen molar-refractivity contribution in [2.24, 2.45) is 0 Å². The van der Waals surface area contributed by atoms with Crippen LogP contribution in [-0.4, -0.2) is 24.3 Å². The van der Waals surface area contributed by atoms with Gasteiger partial charge in [-0.05, 0) is 36.6 Å². The standard InChI is InChI=1S/C10H11ClO4/c11-8-2-1-7(15-8)10(9(12)13)3-5-14-6-4-10/h1-2H,3-6H2,(H,12,13). The highest BCUT2D eigenvalue weighted by Crippen LogP contribution is 2.36. The molecule has 5 heteroatoms. The van der Waals surface area contributed by atoms with Crippen LogP contribution in [0.4, 0.5) is 0 Å². The Morgan fingerprint density at radius 2 is 2.07 bits per heavy atom. The summed E-state index contributed by atoms with van der Waals surface area (Å²) in [6, 6.07) is 3.19. The van der Waals surface area contributed by atoms with Crippen molar-refractivity contribution in [2.45, 2.75) is 18.3 Å². The maximum Gasteiger partial charge on any atom is 0.317 e. The topological polar surface area (TPSA) is 59.7 Å². The number of hydrogen-bond acceptors (Lipinski definition) is 3. The molecule has 0 atom stereocenters. The molecule has 0 amide bonds. The highest BCUT2D eigenvalue weighted by atomic mass is 35.5. The predicted molar refractivity (Wildman–Crippen MR) is 53.1 cm³/mol. The van der Waals surface area contributed by atoms with Gasteiger partial charge >= 0.3 is 5.97 Å². The molecular weight excluding hydrogens is 220 g/mol. The van der Waals surface area contributed by atoms with E-state index in [0.29, 0.717) is 31.8 Å². The zero-order valence-corrected chi connectivity index (χ0v) is 8.79. The third kappa shape index (κ3) is 1.75. The Morgan fingerprint density at radius 1 is 1.40 bits per heavy atom. The number of carboxylic acids is 1. The van der Waals surface area contributed by atoms with Crippen molar-refractivity contribution in [3.8, 4) is 0 Å². The van der Waals surface area contributed by atoms with Gasteiger partial charge in [0, 0.05) is 13.2 Å². The number of aliphatic carboxylic acids is 1. The lowest BCUT2D eigenvalue weighted by molar-refractivity contribution is -0.148. The van der Waals surface area contributed by atoms with Crippen molar-refractivity contribution in [2.75, 3.05) is 13.2 Å². The smallest absolute Gasteiger partial charge is 0.317 e. The Balaban J connectivity index is 2.37. The molecule has 82 valence electrons. The predicted octanol–water partition coefficient (Wildman–Crippen LogP) is 2.07. The number of carboxylic acid groups (broad SMARTS) is 1. The molecule has 0 bridgehead atoms. The van der Waals surface area contributed by atoms with Crippen molar-refractivity contribution in [3.05, 3.63) is 23.1 Å². The second-order valence-corrected chi connectivity index (χ2v) is 3.98. The highest BCUT2D eigenvalue weighted by molar-refractivity contribution is 6.28. The average Bonchev–Trinajstić information content (AvgIpc) is 2.66. The maximum atomic E-state index is 11.3. The van der Waals surface area contributed by atoms with E-state index in [0.717, 1.165) is 0 Å². The van der Waals surface area contributed by atoms with Crippen LogP contribution in [0, 0.1) is 0 Å². The van der Waals surface area contributed by atoms with Gasteiger partial charge in [0.05, 0.1) is 0 Å². The van der Waals surface area contributed by atoms with Gasteiger partial charge in [-0.1, -0.05) is 0 Å². The molecule has 1 N–H and O–H groups in total. The summed E-state index contributed by atoms with van der Waals surface area (Å²) in [6.45, 7) is 0.870. The first-order chi connectivity index (χ1) is 7.15. The molecule has 2 rings (SSSR count). The molecule has 0 aromatic carbocycles. The van der Waals surface area contributed by atoms with Crippen molar-refractivity contribution in [3.63, 3.8) is 0 Å². The first-order valence-corrected chi connectivity index (χ1v) is 5.10. The van der Waals surface area contributed by atoms with Crippen LogP contribution in [0.25, 0.3) is 0 Å². The SMILES string of the molecule is O=C(O)C1(c2ccc(Cl)o2)CCOCC1. The average molecular weight is 231 g/mol. The molecule has 1 aromatic heterocycles. The van der Waals surface area contributed by atoms with Gasteiger partial charge in [-0.25, -0.2) is 0 Å². The fourth-order valence-corrected chi connectivity index (χ4v) is 2.00. The summed E-state index contributed by atoms with van der Waals surface area (Å²) in [4.78, 5) is 11.3. The quantitative estimate of drug-likeness (QED) is 0.845. The molecule has 4 nitrogen and oxygen atoms in total. The number of rotatable bonds is 2. The van der Waals surface area contributed by atoms with E-state index in [1.54, 1.807) is 12.1 Å². The van der Waals surface area contributed by atoms with Crippen molar-refractivity contribution < 1.29 is 19.1 Å². The van der Waals surface area contributed by atoms with Crippen LogP contribution in [0.2, 0.25) is 5.22 Å². The van der Waals surface area contributed by atoms with Gasteiger partial charge in [0.15, 0.2) is 5.22 Å². The van der Waals surface area contributed by atoms with Crippen LogP contribution in [0.15, 0.2) is 16.5 Å². The summed E-state index contributed by atoms with van der Waals surface area (Å²) < 4.78 is 10.4. The molecule has 15 heavy (non-hydrogen) atoms. The number of furan rings is 1. The Labute approximate surface area is 91.8 Å². The Kier molecular flexibility index (Phi) is 2.71. The largest absolute Gasteiger partial charge is 0.480 e. The summed E-state index contributed by atoms with van der Waals surface area (Å²) in [5.41, 5.74) is -0.967. The first kappa shape index (κ1) is 10.5. The second kappa shape index (κ2) is 3.87. The highest BCUT2D eigenvalue weighted by Gasteiger charge is 2.44. The summed E-state index contributed by atoms with van der Waals surface area (Å²) in [6.07, 6.45) is 0.846. The third-order valence-corrected chi connectivity index (χ3v) is 3.00. The van der Waals surface area contributed by atoms with E-state index in [1.165, 1.54) is 0 Å². The third-order valence-electron chi connectivity index (χ3n) is 2.80. The number of halogens is 1. The molecular formula is C10H11ClO4. The molecule has 1 aromatic rings. The van der Waals surface area contributed by atoms with Crippen LogP contribution in [0.3, 0.4) is 0 Å². The minimum atomic E-state index is -0.967. The van der Waals surface area contributed by atoms with Gasteiger partial charge in [-0.2, -0.15) is 0 Å². The minimum absolute atomic E-state index is 0.220. The second-order valence-electron chi connectivity index (χ2n) is 3.60. The number of ether oxygens (including phenoxy) is 1. The van der Waals surface area contributed by atoms with Crippen molar-refractivity contribution in [1.29, 1.82) is 0 Å². The van der Waals surface area contributed by atoms with Gasteiger partial charge in [-0.3, -0.25) is 4.79 Å². The minimum Gasteiger partial charge on any atom is -0.480 e. The van der Waals surface area contributed by atoms with Gasteiger partial charge in [0.1, 0.15) is 11.2 Å². The summed E-state index contributed by atoms with van der Waals surface area (Å²) in [7, 11) is 0. The van der Waals surface area contributed by atoms with Gasteiger partial charge in [0.25, 0.3) is 0 Å². The van der Waals surface area contributed by atoms with E-state index < -0.39 is 11.4 Å². The molecule has 0 aliphatic carbocycles. The van der Waals surface area contributed by atoms with Crippen LogP contribution < -0.4 is 0 Å². The summed E-state index contributed by atoms with van der Waals surface area (Å²) >= 11 is 5.66. The summed E-state index contributed by atoms with van der Waals surface area (Å²) in [5, 5.41) is 9.51. The molecule has 1 aliphatic heterocycles. The molecule has 0 spiro atoms. The normalized spacial score (nSPS) is 20.1. The fraction of sp³-hybridized carbons (Fsp3) is 0.500. The molecule has 0 unspecified atom stereocenters. The van der Waals surface area contributed by atoms with Gasteiger partial charge < -0.3 is 14.3 Å². The lowest BCUT2D eigenvalue weighted by atomic mass is 9.78. The molecule has 0 radical (unpaired) electrons. The van der Waals surface area contributed by atoms with Crippen LogP contribution >= 0.6 is 11.6 Å². The Hall–Kier alpha value is -1.00. The molecule has 1 fully saturated rings. The van der Waals surface area contributed by atoms with Gasteiger partial charge in [-0.15, -0.1) is 0 Å². The Bertz CT molecular complexity index is 365. The van der Waals surface area contributed by atoms with E-state index in [2.05, 4.69) is 0 Å². The van der Waals surface area contributed by atoms with Gasteiger partial charge in [0.2, 0.25) is 0 Å². The van der Waals surface area contributed by atoms with Crippen LogP contribution in [0.5, 0.6) is 0 Å². The van der Waals surface area contributed by atoms with E-state index in [1.807, 2.05) is 0 Å². The molecule has 1 aliphatic rings. The van der Waals surface area contributed by atoms with E-state index in [-0.39, 0.29) is 5.22 Å².